The van der Waals surface area contributed by atoms with Crippen molar-refractivity contribution in [1.82, 2.24) is 24.5 Å². The molecule has 0 atom stereocenters. The van der Waals surface area contributed by atoms with Crippen LogP contribution in [0.3, 0.4) is 0 Å². The second-order valence-corrected chi connectivity index (χ2v) is 5.85. The van der Waals surface area contributed by atoms with Crippen LogP contribution in [-0.4, -0.2) is 24.5 Å². The van der Waals surface area contributed by atoms with E-state index in [-0.39, 0.29) is 0 Å². The van der Waals surface area contributed by atoms with Gasteiger partial charge in [-0.1, -0.05) is 6.07 Å². The van der Waals surface area contributed by atoms with Gasteiger partial charge >= 0.3 is 0 Å². The van der Waals surface area contributed by atoms with Crippen LogP contribution in [0, 0.1) is 13.8 Å². The Labute approximate surface area is 144 Å². The van der Waals surface area contributed by atoms with Crippen molar-refractivity contribution >= 4 is 16.9 Å². The van der Waals surface area contributed by atoms with Gasteiger partial charge in [0.1, 0.15) is 17.6 Å². The molecule has 7 heteroatoms. The lowest BCUT2D eigenvalue weighted by Crippen LogP contribution is -2.08. The van der Waals surface area contributed by atoms with E-state index in [0.29, 0.717) is 24.8 Å². The first-order valence-electron chi connectivity index (χ1n) is 8.07. The van der Waals surface area contributed by atoms with Gasteiger partial charge in [0.2, 0.25) is 5.89 Å². The van der Waals surface area contributed by atoms with E-state index in [0.717, 1.165) is 28.2 Å². The molecule has 0 radical (unpaired) electrons. The summed E-state index contributed by atoms with van der Waals surface area (Å²) < 4.78 is 7.50. The Hall–Kier alpha value is -3.22. The zero-order valence-electron chi connectivity index (χ0n) is 14.1. The fraction of sp³-hybridized carbons (Fsp3) is 0.222. The summed E-state index contributed by atoms with van der Waals surface area (Å²) in [5.41, 5.74) is 3.68. The predicted molar refractivity (Wildman–Crippen MR) is 94.2 cm³/mol. The lowest BCUT2D eigenvalue weighted by molar-refractivity contribution is 0.503. The number of anilines is 1. The Bertz CT molecular complexity index is 1010. The van der Waals surface area contributed by atoms with E-state index in [1.165, 1.54) is 0 Å². The maximum atomic E-state index is 5.40. The minimum Gasteiger partial charge on any atom is -0.447 e. The van der Waals surface area contributed by atoms with E-state index in [2.05, 4.69) is 29.8 Å². The van der Waals surface area contributed by atoms with E-state index in [1.54, 1.807) is 12.5 Å². The topological polar surface area (TPSA) is 81.7 Å². The Balaban J connectivity index is 1.68. The average Bonchev–Trinajstić information content (AvgIpc) is 3.20. The first kappa shape index (κ1) is 15.3. The number of nitrogens with zero attached hydrogens (tertiary/aromatic N) is 5. The fourth-order valence-corrected chi connectivity index (χ4v) is 2.79. The molecule has 0 spiro atoms. The van der Waals surface area contributed by atoms with Crippen LogP contribution in [-0.2, 0) is 13.1 Å². The molecular formula is C18H18N6O. The van der Waals surface area contributed by atoms with Crippen LogP contribution < -0.4 is 5.32 Å². The van der Waals surface area contributed by atoms with Crippen molar-refractivity contribution in [3.63, 3.8) is 0 Å². The molecule has 126 valence electrons. The summed E-state index contributed by atoms with van der Waals surface area (Å²) in [6.45, 7) is 4.91. The molecule has 0 aliphatic carbocycles. The highest BCUT2D eigenvalue weighted by Crippen LogP contribution is 2.23. The maximum Gasteiger partial charge on any atom is 0.213 e. The van der Waals surface area contributed by atoms with Gasteiger partial charge in [0.25, 0.3) is 0 Å². The average molecular weight is 334 g/mol. The molecule has 4 heterocycles. The Kier molecular flexibility index (Phi) is 3.89. The van der Waals surface area contributed by atoms with Crippen LogP contribution in [0.1, 0.15) is 23.1 Å². The summed E-state index contributed by atoms with van der Waals surface area (Å²) in [5, 5.41) is 3.32. The van der Waals surface area contributed by atoms with Gasteiger partial charge in [-0.25, -0.2) is 15.0 Å². The van der Waals surface area contributed by atoms with Gasteiger partial charge in [-0.3, -0.25) is 4.98 Å². The number of hydrogen-bond acceptors (Lipinski definition) is 6. The quantitative estimate of drug-likeness (QED) is 0.604. The highest BCUT2D eigenvalue weighted by atomic mass is 16.3. The van der Waals surface area contributed by atoms with E-state index in [9.17, 15) is 0 Å². The number of pyridine rings is 1. The van der Waals surface area contributed by atoms with Crippen LogP contribution in [0.2, 0.25) is 0 Å². The summed E-state index contributed by atoms with van der Waals surface area (Å²) in [5.74, 6) is 2.11. The number of hydrogen-bond donors (Lipinski definition) is 1. The van der Waals surface area contributed by atoms with Crippen molar-refractivity contribution in [3.05, 3.63) is 66.0 Å². The normalized spacial score (nSPS) is 11.1. The second kappa shape index (κ2) is 6.35. The number of fused-ring (bicyclic) bond motifs is 1. The van der Waals surface area contributed by atoms with Crippen LogP contribution in [0.4, 0.5) is 5.82 Å². The number of nitrogens with one attached hydrogen (secondary N) is 1. The molecule has 4 aromatic rings. The van der Waals surface area contributed by atoms with Crippen molar-refractivity contribution in [2.75, 3.05) is 5.32 Å². The van der Waals surface area contributed by atoms with E-state index in [4.69, 9.17) is 4.42 Å². The summed E-state index contributed by atoms with van der Waals surface area (Å²) in [4.78, 5) is 17.8. The third-order valence-corrected chi connectivity index (χ3v) is 3.85. The Morgan fingerprint density at radius 2 is 2.04 bits per heavy atom. The minimum atomic E-state index is 0.466. The van der Waals surface area contributed by atoms with Crippen molar-refractivity contribution in [2.45, 2.75) is 26.9 Å². The first-order valence-corrected chi connectivity index (χ1v) is 8.07. The zero-order valence-corrected chi connectivity index (χ0v) is 14.1. The highest BCUT2D eigenvalue weighted by Gasteiger charge is 2.12. The molecule has 0 aromatic carbocycles. The van der Waals surface area contributed by atoms with Crippen LogP contribution >= 0.6 is 0 Å². The molecule has 0 saturated carbocycles. The van der Waals surface area contributed by atoms with Crippen LogP contribution in [0.15, 0.2) is 47.3 Å². The summed E-state index contributed by atoms with van der Waals surface area (Å²) >= 11 is 0. The molecular weight excluding hydrogens is 316 g/mol. The molecule has 4 rings (SSSR count). The standard InChI is InChI=1S/C18H18N6O/c1-12-11-25-16(21-12)9-20-18-17-15(22-13(2)23-18)6-8-24(17)10-14-5-3-4-7-19-14/h3-8,11H,9-10H2,1-2H3,(H,20,22,23). The SMILES string of the molecule is Cc1coc(CNc2nc(C)nc3ccn(Cc4ccccn4)c23)n1. The van der Waals surface area contributed by atoms with Crippen molar-refractivity contribution < 1.29 is 4.42 Å². The first-order chi connectivity index (χ1) is 12.2. The van der Waals surface area contributed by atoms with Gasteiger partial charge in [0, 0.05) is 12.4 Å². The van der Waals surface area contributed by atoms with Crippen LogP contribution in [0.5, 0.6) is 0 Å². The monoisotopic (exact) mass is 334 g/mol. The molecule has 1 N–H and O–H groups in total. The number of rotatable bonds is 5. The fourth-order valence-electron chi connectivity index (χ4n) is 2.79. The third kappa shape index (κ3) is 3.21. The van der Waals surface area contributed by atoms with Gasteiger partial charge in [0.15, 0.2) is 5.82 Å². The molecule has 0 bridgehead atoms. The summed E-state index contributed by atoms with van der Waals surface area (Å²) in [6, 6.07) is 7.89. The van der Waals surface area contributed by atoms with Gasteiger partial charge in [0.05, 0.1) is 30.0 Å². The maximum absolute atomic E-state index is 5.40. The number of aromatic nitrogens is 5. The molecule has 0 amide bonds. The lowest BCUT2D eigenvalue weighted by atomic mass is 10.3. The van der Waals surface area contributed by atoms with Crippen molar-refractivity contribution in [1.29, 1.82) is 0 Å². The molecule has 0 unspecified atom stereocenters. The second-order valence-electron chi connectivity index (χ2n) is 5.85. The van der Waals surface area contributed by atoms with E-state index in [1.807, 2.05) is 44.3 Å². The van der Waals surface area contributed by atoms with Gasteiger partial charge in [-0.05, 0) is 32.0 Å². The molecule has 7 nitrogen and oxygen atoms in total. The summed E-state index contributed by atoms with van der Waals surface area (Å²) in [7, 11) is 0. The Morgan fingerprint density at radius 1 is 1.12 bits per heavy atom. The molecule has 0 saturated heterocycles. The molecule has 25 heavy (non-hydrogen) atoms. The van der Waals surface area contributed by atoms with Gasteiger partial charge in [-0.15, -0.1) is 0 Å². The van der Waals surface area contributed by atoms with E-state index >= 15 is 0 Å². The molecule has 0 fully saturated rings. The number of aryl methyl sites for hydroxylation is 2. The highest BCUT2D eigenvalue weighted by molar-refractivity contribution is 5.86. The predicted octanol–water partition coefficient (Wildman–Crippen LogP) is 3.09. The minimum absolute atomic E-state index is 0.466. The van der Waals surface area contributed by atoms with Crippen molar-refractivity contribution in [3.8, 4) is 0 Å². The van der Waals surface area contributed by atoms with E-state index < -0.39 is 0 Å². The largest absolute Gasteiger partial charge is 0.447 e. The smallest absolute Gasteiger partial charge is 0.213 e. The van der Waals surface area contributed by atoms with Gasteiger partial charge in [-0.2, -0.15) is 0 Å². The summed E-state index contributed by atoms with van der Waals surface area (Å²) in [6.07, 6.45) is 5.45. The van der Waals surface area contributed by atoms with Crippen LogP contribution in [0.25, 0.3) is 11.0 Å². The zero-order chi connectivity index (χ0) is 17.2. The Morgan fingerprint density at radius 3 is 2.80 bits per heavy atom. The third-order valence-electron chi connectivity index (χ3n) is 3.85. The molecule has 0 aliphatic heterocycles. The molecule has 0 aliphatic rings. The van der Waals surface area contributed by atoms with Gasteiger partial charge < -0.3 is 14.3 Å². The lowest BCUT2D eigenvalue weighted by Gasteiger charge is -2.10. The molecule has 4 aromatic heterocycles. The van der Waals surface area contributed by atoms with Crippen molar-refractivity contribution in [2.24, 2.45) is 0 Å². The number of oxazole rings is 1.